The maximum atomic E-state index is 5.76. The van der Waals surface area contributed by atoms with E-state index in [2.05, 4.69) is 31.0 Å². The first kappa shape index (κ1) is 8.60. The summed E-state index contributed by atoms with van der Waals surface area (Å²) < 4.78 is 0. The average Bonchev–Trinajstić information content (AvgIpc) is 2.55. The molecule has 0 spiro atoms. The third-order valence-electron chi connectivity index (χ3n) is 3.15. The third-order valence-corrected chi connectivity index (χ3v) is 3.15. The van der Waals surface area contributed by atoms with Crippen LogP contribution in [0, 0.1) is 5.41 Å². The molecule has 2 rings (SSSR count). The normalized spacial score (nSPS) is 24.7. The van der Waals surface area contributed by atoms with E-state index in [-0.39, 0.29) is 0 Å². The number of hydrogen-bond acceptors (Lipinski definition) is 2. The molecule has 1 fully saturated rings. The van der Waals surface area contributed by atoms with Crippen LogP contribution in [0.4, 0.5) is 5.82 Å². The van der Waals surface area contributed by atoms with Gasteiger partial charge in [-0.1, -0.05) is 20.8 Å². The summed E-state index contributed by atoms with van der Waals surface area (Å²) in [5, 5.41) is 7.13. The second-order valence-corrected chi connectivity index (χ2v) is 4.60. The van der Waals surface area contributed by atoms with Crippen molar-refractivity contribution in [1.82, 2.24) is 10.2 Å². The van der Waals surface area contributed by atoms with Crippen LogP contribution in [0.3, 0.4) is 0 Å². The summed E-state index contributed by atoms with van der Waals surface area (Å²) in [6, 6.07) is 0. The van der Waals surface area contributed by atoms with Gasteiger partial charge >= 0.3 is 0 Å². The zero-order chi connectivity index (χ0) is 9.64. The van der Waals surface area contributed by atoms with Gasteiger partial charge in [-0.15, -0.1) is 0 Å². The maximum absolute atomic E-state index is 5.76. The standard InChI is InChI=1S/C10H17N3/c1-4-6-8(12-13-9(6)11)7-5-10(7,2)3/h7H,4-5H2,1-3H3,(H3,11,12,13). The molecule has 1 atom stereocenters. The highest BCUT2D eigenvalue weighted by Gasteiger charge is 2.48. The predicted molar refractivity (Wildman–Crippen MR) is 53.5 cm³/mol. The zero-order valence-corrected chi connectivity index (χ0v) is 8.52. The molecule has 13 heavy (non-hydrogen) atoms. The lowest BCUT2D eigenvalue weighted by atomic mass is 10.0. The van der Waals surface area contributed by atoms with Crippen LogP contribution in [0.15, 0.2) is 0 Å². The van der Waals surface area contributed by atoms with E-state index < -0.39 is 0 Å². The van der Waals surface area contributed by atoms with Crippen molar-refractivity contribution >= 4 is 5.82 Å². The highest BCUT2D eigenvalue weighted by Crippen LogP contribution is 2.59. The van der Waals surface area contributed by atoms with E-state index >= 15 is 0 Å². The SMILES string of the molecule is CCc1c(N)n[nH]c1C1CC1(C)C. The van der Waals surface area contributed by atoms with E-state index in [1.807, 2.05) is 0 Å². The van der Waals surface area contributed by atoms with Crippen LogP contribution in [0.25, 0.3) is 0 Å². The van der Waals surface area contributed by atoms with Gasteiger partial charge in [0.1, 0.15) is 5.82 Å². The van der Waals surface area contributed by atoms with E-state index in [0.717, 1.165) is 6.42 Å². The fourth-order valence-corrected chi connectivity index (χ4v) is 2.01. The van der Waals surface area contributed by atoms with Crippen LogP contribution >= 0.6 is 0 Å². The smallest absolute Gasteiger partial charge is 0.148 e. The van der Waals surface area contributed by atoms with Gasteiger partial charge in [0.05, 0.1) is 0 Å². The second-order valence-electron chi connectivity index (χ2n) is 4.60. The minimum Gasteiger partial charge on any atom is -0.382 e. The van der Waals surface area contributed by atoms with Crippen LogP contribution in [0.1, 0.15) is 44.4 Å². The van der Waals surface area contributed by atoms with Crippen molar-refractivity contribution in [1.29, 1.82) is 0 Å². The van der Waals surface area contributed by atoms with Crippen LogP contribution in [-0.4, -0.2) is 10.2 Å². The van der Waals surface area contributed by atoms with Gasteiger partial charge in [0, 0.05) is 17.2 Å². The van der Waals surface area contributed by atoms with Gasteiger partial charge in [-0.3, -0.25) is 5.10 Å². The molecular formula is C10H17N3. The molecule has 1 aliphatic carbocycles. The molecule has 3 heteroatoms. The van der Waals surface area contributed by atoms with E-state index in [0.29, 0.717) is 17.2 Å². The Kier molecular flexibility index (Phi) is 1.65. The number of rotatable bonds is 2. The monoisotopic (exact) mass is 179 g/mol. The summed E-state index contributed by atoms with van der Waals surface area (Å²) in [7, 11) is 0. The highest BCUT2D eigenvalue weighted by atomic mass is 15.2. The molecule has 72 valence electrons. The Bertz CT molecular complexity index is 325. The Balaban J connectivity index is 2.32. The Morgan fingerprint density at radius 1 is 1.62 bits per heavy atom. The molecule has 3 nitrogen and oxygen atoms in total. The van der Waals surface area contributed by atoms with Crippen LogP contribution in [0.5, 0.6) is 0 Å². The fourth-order valence-electron chi connectivity index (χ4n) is 2.01. The zero-order valence-electron chi connectivity index (χ0n) is 8.52. The van der Waals surface area contributed by atoms with E-state index in [9.17, 15) is 0 Å². The second kappa shape index (κ2) is 2.50. The van der Waals surface area contributed by atoms with Gasteiger partial charge in [-0.05, 0) is 18.3 Å². The van der Waals surface area contributed by atoms with Crippen LogP contribution < -0.4 is 5.73 Å². The van der Waals surface area contributed by atoms with Crippen molar-refractivity contribution in [3.05, 3.63) is 11.3 Å². The quantitative estimate of drug-likeness (QED) is 0.730. The molecule has 0 aromatic carbocycles. The van der Waals surface area contributed by atoms with Crippen LogP contribution in [0.2, 0.25) is 0 Å². The average molecular weight is 179 g/mol. The Labute approximate surface area is 78.7 Å². The minimum absolute atomic E-state index is 0.447. The number of nitrogens with one attached hydrogen (secondary N) is 1. The van der Waals surface area contributed by atoms with Crippen LogP contribution in [-0.2, 0) is 6.42 Å². The molecule has 1 aliphatic rings. The van der Waals surface area contributed by atoms with Gasteiger partial charge in [-0.2, -0.15) is 5.10 Å². The first-order chi connectivity index (χ1) is 6.06. The molecule has 0 amide bonds. The molecule has 1 unspecified atom stereocenters. The van der Waals surface area contributed by atoms with Gasteiger partial charge in [-0.25, -0.2) is 0 Å². The molecule has 1 aromatic heterocycles. The number of anilines is 1. The molecule has 0 saturated heterocycles. The third kappa shape index (κ3) is 1.23. The molecule has 3 N–H and O–H groups in total. The molecule has 0 bridgehead atoms. The van der Waals surface area contributed by atoms with Crippen molar-refractivity contribution in [3.8, 4) is 0 Å². The molecule has 0 aliphatic heterocycles. The van der Waals surface area contributed by atoms with Crippen molar-refractivity contribution in [3.63, 3.8) is 0 Å². The molecular weight excluding hydrogens is 162 g/mol. The lowest BCUT2D eigenvalue weighted by Crippen LogP contribution is -1.95. The lowest BCUT2D eigenvalue weighted by Gasteiger charge is -2.02. The summed E-state index contributed by atoms with van der Waals surface area (Å²) in [5.74, 6) is 1.33. The Hall–Kier alpha value is -0.990. The number of H-pyrrole nitrogens is 1. The molecule has 1 heterocycles. The lowest BCUT2D eigenvalue weighted by molar-refractivity contribution is 0.613. The number of nitrogens with two attached hydrogens (primary N) is 1. The Morgan fingerprint density at radius 3 is 2.69 bits per heavy atom. The Morgan fingerprint density at radius 2 is 2.23 bits per heavy atom. The maximum Gasteiger partial charge on any atom is 0.148 e. The highest BCUT2D eigenvalue weighted by molar-refractivity contribution is 5.45. The minimum atomic E-state index is 0.447. The fraction of sp³-hybridized carbons (Fsp3) is 0.700. The van der Waals surface area contributed by atoms with Gasteiger partial charge in [0.25, 0.3) is 0 Å². The van der Waals surface area contributed by atoms with Gasteiger partial charge in [0.2, 0.25) is 0 Å². The number of nitrogen functional groups attached to an aromatic ring is 1. The van der Waals surface area contributed by atoms with E-state index in [4.69, 9.17) is 5.73 Å². The summed E-state index contributed by atoms with van der Waals surface area (Å²) >= 11 is 0. The number of aromatic amines is 1. The number of nitrogens with zero attached hydrogens (tertiary/aromatic N) is 1. The predicted octanol–water partition coefficient (Wildman–Crippen LogP) is 2.07. The van der Waals surface area contributed by atoms with E-state index in [1.54, 1.807) is 0 Å². The first-order valence-electron chi connectivity index (χ1n) is 4.89. The van der Waals surface area contributed by atoms with Crippen molar-refractivity contribution in [2.75, 3.05) is 5.73 Å². The first-order valence-corrected chi connectivity index (χ1v) is 4.89. The molecule has 0 radical (unpaired) electrons. The van der Waals surface area contributed by atoms with E-state index in [1.165, 1.54) is 17.7 Å². The summed E-state index contributed by atoms with van der Waals surface area (Å²) in [5.41, 5.74) is 8.70. The summed E-state index contributed by atoms with van der Waals surface area (Å²) in [6.07, 6.45) is 2.23. The van der Waals surface area contributed by atoms with Gasteiger partial charge in [0.15, 0.2) is 0 Å². The topological polar surface area (TPSA) is 54.7 Å². The van der Waals surface area contributed by atoms with Crippen molar-refractivity contribution < 1.29 is 0 Å². The molecule has 1 aromatic rings. The summed E-state index contributed by atoms with van der Waals surface area (Å²) in [4.78, 5) is 0. The largest absolute Gasteiger partial charge is 0.382 e. The number of aromatic nitrogens is 2. The molecule has 1 saturated carbocycles. The summed E-state index contributed by atoms with van der Waals surface area (Å²) in [6.45, 7) is 6.70. The number of hydrogen-bond donors (Lipinski definition) is 2. The van der Waals surface area contributed by atoms with Crippen molar-refractivity contribution in [2.45, 2.75) is 39.5 Å². The van der Waals surface area contributed by atoms with Crippen molar-refractivity contribution in [2.24, 2.45) is 5.41 Å². The van der Waals surface area contributed by atoms with Gasteiger partial charge < -0.3 is 5.73 Å².